The lowest BCUT2D eigenvalue weighted by atomic mass is 9.87. The molecule has 16 heavy (non-hydrogen) atoms. The summed E-state index contributed by atoms with van der Waals surface area (Å²) in [5.74, 6) is 1.20. The van der Waals surface area contributed by atoms with Gasteiger partial charge in [-0.25, -0.2) is 0 Å². The Morgan fingerprint density at radius 3 is 2.94 bits per heavy atom. The molecule has 2 N–H and O–H groups in total. The first-order valence-corrected chi connectivity index (χ1v) is 6.75. The van der Waals surface area contributed by atoms with Crippen LogP contribution in [0.25, 0.3) is 0 Å². The molecule has 2 fully saturated rings. The molecule has 2 rings (SSSR count). The predicted octanol–water partition coefficient (Wildman–Crippen LogP) is 1.55. The van der Waals surface area contributed by atoms with Crippen LogP contribution in [0, 0.1) is 11.8 Å². The minimum atomic E-state index is -0.222. The minimum Gasteiger partial charge on any atom is -0.391 e. The number of rotatable bonds is 4. The van der Waals surface area contributed by atoms with Gasteiger partial charge in [-0.15, -0.1) is 0 Å². The summed E-state index contributed by atoms with van der Waals surface area (Å²) in [7, 11) is 0. The smallest absolute Gasteiger partial charge is 0.0715 e. The summed E-state index contributed by atoms with van der Waals surface area (Å²) in [5, 5.41) is 13.5. The SMILES string of the molecule is CC1CCCC(NCC(O)C2CCOC2)C1. The maximum absolute atomic E-state index is 10.0. The highest BCUT2D eigenvalue weighted by molar-refractivity contribution is 4.80. The van der Waals surface area contributed by atoms with E-state index in [2.05, 4.69) is 12.2 Å². The van der Waals surface area contributed by atoms with Gasteiger partial charge in [0.2, 0.25) is 0 Å². The highest BCUT2D eigenvalue weighted by Crippen LogP contribution is 2.24. The fourth-order valence-corrected chi connectivity index (χ4v) is 2.93. The van der Waals surface area contributed by atoms with Crippen molar-refractivity contribution in [2.45, 2.75) is 51.2 Å². The fraction of sp³-hybridized carbons (Fsp3) is 1.00. The van der Waals surface area contributed by atoms with Crippen LogP contribution in [0.1, 0.15) is 39.0 Å². The number of nitrogens with one attached hydrogen (secondary N) is 1. The van der Waals surface area contributed by atoms with Crippen LogP contribution in [0.4, 0.5) is 0 Å². The van der Waals surface area contributed by atoms with Crippen molar-refractivity contribution in [1.82, 2.24) is 5.32 Å². The van der Waals surface area contributed by atoms with Gasteiger partial charge in [0.25, 0.3) is 0 Å². The molecular weight excluding hydrogens is 202 g/mol. The highest BCUT2D eigenvalue weighted by atomic mass is 16.5. The molecule has 0 radical (unpaired) electrons. The molecule has 3 heteroatoms. The summed E-state index contributed by atoms with van der Waals surface area (Å²) < 4.78 is 5.30. The Bertz CT molecular complexity index is 202. The number of hydrogen-bond donors (Lipinski definition) is 2. The Labute approximate surface area is 98.6 Å². The van der Waals surface area contributed by atoms with Gasteiger partial charge < -0.3 is 15.2 Å². The van der Waals surface area contributed by atoms with Crippen LogP contribution in [0.5, 0.6) is 0 Å². The molecule has 0 amide bonds. The molecule has 1 saturated carbocycles. The number of ether oxygens (including phenoxy) is 1. The lowest BCUT2D eigenvalue weighted by molar-refractivity contribution is 0.0859. The highest BCUT2D eigenvalue weighted by Gasteiger charge is 2.25. The van der Waals surface area contributed by atoms with Crippen LogP contribution < -0.4 is 5.32 Å². The van der Waals surface area contributed by atoms with E-state index in [0.717, 1.165) is 32.1 Å². The zero-order valence-electron chi connectivity index (χ0n) is 10.3. The maximum atomic E-state index is 10.0. The van der Waals surface area contributed by atoms with Gasteiger partial charge in [0.05, 0.1) is 12.7 Å². The van der Waals surface area contributed by atoms with Crippen LogP contribution in [0.2, 0.25) is 0 Å². The van der Waals surface area contributed by atoms with Crippen molar-refractivity contribution in [3.8, 4) is 0 Å². The van der Waals surface area contributed by atoms with Crippen LogP contribution in [0.15, 0.2) is 0 Å². The van der Waals surface area contributed by atoms with Gasteiger partial charge in [-0.3, -0.25) is 0 Å². The third kappa shape index (κ3) is 3.44. The van der Waals surface area contributed by atoms with Crippen LogP contribution in [-0.2, 0) is 4.74 Å². The third-order valence-electron chi connectivity index (χ3n) is 4.06. The van der Waals surface area contributed by atoms with E-state index in [-0.39, 0.29) is 6.10 Å². The first kappa shape index (κ1) is 12.3. The molecule has 0 aromatic rings. The predicted molar refractivity (Wildman–Crippen MR) is 64.4 cm³/mol. The van der Waals surface area contributed by atoms with E-state index in [1.165, 1.54) is 25.7 Å². The van der Waals surface area contributed by atoms with Gasteiger partial charge in [-0.1, -0.05) is 19.8 Å². The summed E-state index contributed by atoms with van der Waals surface area (Å²) in [5.41, 5.74) is 0. The molecule has 3 nitrogen and oxygen atoms in total. The molecule has 94 valence electrons. The number of aliphatic hydroxyl groups excluding tert-OH is 1. The second-order valence-electron chi connectivity index (χ2n) is 5.57. The topological polar surface area (TPSA) is 41.5 Å². The van der Waals surface area contributed by atoms with Crippen molar-refractivity contribution in [3.05, 3.63) is 0 Å². The molecule has 0 spiro atoms. The molecule has 1 aliphatic carbocycles. The molecule has 0 bridgehead atoms. The first-order chi connectivity index (χ1) is 7.75. The van der Waals surface area contributed by atoms with Crippen molar-refractivity contribution >= 4 is 0 Å². The van der Waals surface area contributed by atoms with Gasteiger partial charge in [0.1, 0.15) is 0 Å². The van der Waals surface area contributed by atoms with Crippen molar-refractivity contribution in [2.24, 2.45) is 11.8 Å². The van der Waals surface area contributed by atoms with Gasteiger partial charge in [0, 0.05) is 25.1 Å². The molecular formula is C13H25NO2. The average Bonchev–Trinajstić information content (AvgIpc) is 2.79. The van der Waals surface area contributed by atoms with Gasteiger partial charge in [-0.2, -0.15) is 0 Å². The van der Waals surface area contributed by atoms with Crippen LogP contribution in [0.3, 0.4) is 0 Å². The van der Waals surface area contributed by atoms with E-state index in [9.17, 15) is 5.11 Å². The summed E-state index contributed by atoms with van der Waals surface area (Å²) in [6.45, 7) is 4.63. The van der Waals surface area contributed by atoms with Gasteiger partial charge in [-0.05, 0) is 25.2 Å². The van der Waals surface area contributed by atoms with Gasteiger partial charge in [0.15, 0.2) is 0 Å². The van der Waals surface area contributed by atoms with E-state index in [1.807, 2.05) is 0 Å². The number of hydrogen-bond acceptors (Lipinski definition) is 3. The van der Waals surface area contributed by atoms with Crippen molar-refractivity contribution in [3.63, 3.8) is 0 Å². The minimum absolute atomic E-state index is 0.222. The lowest BCUT2D eigenvalue weighted by Crippen LogP contribution is -2.41. The standard InChI is InChI=1S/C13H25NO2/c1-10-3-2-4-12(7-10)14-8-13(15)11-5-6-16-9-11/h10-15H,2-9H2,1H3. The molecule has 1 heterocycles. The molecule has 2 aliphatic rings. The normalized spacial score (nSPS) is 37.5. The van der Waals surface area contributed by atoms with E-state index < -0.39 is 0 Å². The maximum Gasteiger partial charge on any atom is 0.0715 e. The average molecular weight is 227 g/mol. The Morgan fingerprint density at radius 1 is 1.38 bits per heavy atom. The fourth-order valence-electron chi connectivity index (χ4n) is 2.93. The molecule has 0 aromatic carbocycles. The second-order valence-corrected chi connectivity index (χ2v) is 5.57. The monoisotopic (exact) mass is 227 g/mol. The second kappa shape index (κ2) is 5.99. The molecule has 4 unspecified atom stereocenters. The van der Waals surface area contributed by atoms with Crippen molar-refractivity contribution < 1.29 is 9.84 Å². The Kier molecular flexibility index (Phi) is 4.62. The quantitative estimate of drug-likeness (QED) is 0.765. The Balaban J connectivity index is 1.65. The summed E-state index contributed by atoms with van der Waals surface area (Å²) in [4.78, 5) is 0. The van der Waals surface area contributed by atoms with E-state index >= 15 is 0 Å². The van der Waals surface area contributed by atoms with Crippen molar-refractivity contribution in [2.75, 3.05) is 19.8 Å². The summed E-state index contributed by atoms with van der Waals surface area (Å²) >= 11 is 0. The van der Waals surface area contributed by atoms with E-state index in [4.69, 9.17) is 4.74 Å². The van der Waals surface area contributed by atoms with E-state index in [1.54, 1.807) is 0 Å². The first-order valence-electron chi connectivity index (χ1n) is 6.75. The zero-order valence-corrected chi connectivity index (χ0v) is 10.3. The molecule has 1 saturated heterocycles. The summed E-state index contributed by atoms with van der Waals surface area (Å²) in [6.07, 6.45) is 6.05. The number of aliphatic hydroxyl groups is 1. The largest absolute Gasteiger partial charge is 0.391 e. The molecule has 0 aromatic heterocycles. The lowest BCUT2D eigenvalue weighted by Gasteiger charge is -2.29. The van der Waals surface area contributed by atoms with Gasteiger partial charge >= 0.3 is 0 Å². The third-order valence-corrected chi connectivity index (χ3v) is 4.06. The molecule has 4 atom stereocenters. The van der Waals surface area contributed by atoms with Crippen LogP contribution >= 0.6 is 0 Å². The molecule has 1 aliphatic heterocycles. The zero-order chi connectivity index (χ0) is 11.4. The Hall–Kier alpha value is -0.120. The van der Waals surface area contributed by atoms with E-state index in [0.29, 0.717) is 12.0 Å². The Morgan fingerprint density at radius 2 is 2.25 bits per heavy atom. The van der Waals surface area contributed by atoms with Crippen molar-refractivity contribution in [1.29, 1.82) is 0 Å². The van der Waals surface area contributed by atoms with Crippen LogP contribution in [-0.4, -0.2) is 37.0 Å². The summed E-state index contributed by atoms with van der Waals surface area (Å²) in [6, 6.07) is 0.626.